The van der Waals surface area contributed by atoms with E-state index in [0.717, 1.165) is 44.7 Å². The third-order valence-electron chi connectivity index (χ3n) is 9.12. The number of nitriles is 1. The molecule has 3 fully saturated rings. The third kappa shape index (κ3) is 6.37. The van der Waals surface area contributed by atoms with E-state index in [1.165, 1.54) is 12.1 Å². The number of hydrogen-bond donors (Lipinski definition) is 0. The van der Waals surface area contributed by atoms with Gasteiger partial charge in [0.15, 0.2) is 5.65 Å². The molecule has 1 aromatic carbocycles. The van der Waals surface area contributed by atoms with Crippen molar-refractivity contribution in [1.29, 1.82) is 5.26 Å². The minimum absolute atomic E-state index is 0.0358. The van der Waals surface area contributed by atoms with Crippen LogP contribution in [0.15, 0.2) is 24.5 Å². The van der Waals surface area contributed by atoms with Crippen molar-refractivity contribution in [2.75, 3.05) is 46.5 Å². The largest absolute Gasteiger partial charge is 0.493 e. The molecule has 1 amide bonds. The highest BCUT2D eigenvalue weighted by atomic mass is 19.4. The molecule has 0 saturated carbocycles. The Hall–Kier alpha value is -3.76. The molecule has 0 bridgehead atoms. The topological polar surface area (TPSA) is 109 Å². The summed E-state index contributed by atoms with van der Waals surface area (Å²) in [5.74, 6) is 0.328. The Morgan fingerprint density at radius 3 is 2.64 bits per heavy atom. The van der Waals surface area contributed by atoms with Gasteiger partial charge in [-0.1, -0.05) is 0 Å². The maximum absolute atomic E-state index is 14.3. The molecule has 3 aliphatic rings. The van der Waals surface area contributed by atoms with Gasteiger partial charge in [0.25, 0.3) is 0 Å². The number of carbonyl (C=O) groups is 1. The molecule has 3 aromatic rings. The zero-order valence-corrected chi connectivity index (χ0v) is 24.7. The number of likely N-dealkylation sites (tertiary alicyclic amines) is 2. The quantitative estimate of drug-likeness (QED) is 0.366. The van der Waals surface area contributed by atoms with Crippen LogP contribution in [0.1, 0.15) is 49.9 Å². The molecule has 234 valence electrons. The number of halogens is 3. The van der Waals surface area contributed by atoms with Gasteiger partial charge in [-0.05, 0) is 76.2 Å². The van der Waals surface area contributed by atoms with Crippen LogP contribution in [0.3, 0.4) is 0 Å². The van der Waals surface area contributed by atoms with Crippen LogP contribution in [-0.2, 0) is 22.3 Å². The van der Waals surface area contributed by atoms with Crippen molar-refractivity contribution < 1.29 is 27.4 Å². The molecule has 0 spiro atoms. The molecule has 0 radical (unpaired) electrons. The summed E-state index contributed by atoms with van der Waals surface area (Å²) >= 11 is 0. The van der Waals surface area contributed by atoms with Crippen LogP contribution < -0.4 is 4.74 Å². The fraction of sp³-hybridized carbons (Fsp3) is 0.581. The molecule has 13 heteroatoms. The Kier molecular flexibility index (Phi) is 8.73. The second-order valence-electron chi connectivity index (χ2n) is 12.1. The number of aromatic nitrogens is 4. The van der Waals surface area contributed by atoms with Crippen molar-refractivity contribution in [2.45, 2.75) is 57.3 Å². The van der Waals surface area contributed by atoms with E-state index in [2.05, 4.69) is 19.9 Å². The molecule has 3 aliphatic heterocycles. The monoisotopic (exact) mass is 611 g/mol. The van der Waals surface area contributed by atoms with Crippen molar-refractivity contribution in [3.8, 4) is 23.1 Å². The van der Waals surface area contributed by atoms with E-state index in [-0.39, 0.29) is 53.2 Å². The van der Waals surface area contributed by atoms with Crippen LogP contribution in [0, 0.1) is 23.2 Å². The maximum atomic E-state index is 14.3. The second-order valence-corrected chi connectivity index (χ2v) is 12.1. The number of hydrogen-bond acceptors (Lipinski definition) is 8. The third-order valence-corrected chi connectivity index (χ3v) is 9.12. The standard InChI is InChI=1S/C31H36F3N7O3/c1-39-10-2-3-24(39)30(42)40-11-6-20(7-12-40)9-14-44-25-5-4-22(15-23(25)31(32,33)34)27-28-29(38-26(16-35)37-27)41(19-36-28)17-21-8-13-43-18-21/h4-5,15,19-21,24H,2-3,6-14,17-18H2,1H3/t21?,24-/m0/s1. The molecule has 2 atom stereocenters. The van der Waals surface area contributed by atoms with E-state index in [1.54, 1.807) is 10.9 Å². The average Bonchev–Trinajstić information content (AvgIpc) is 3.79. The minimum Gasteiger partial charge on any atom is -0.493 e. The molecule has 6 rings (SSSR count). The van der Waals surface area contributed by atoms with Gasteiger partial charge >= 0.3 is 6.18 Å². The average molecular weight is 612 g/mol. The van der Waals surface area contributed by atoms with Gasteiger partial charge in [0.1, 0.15) is 23.0 Å². The van der Waals surface area contributed by atoms with E-state index < -0.39 is 11.7 Å². The number of benzene rings is 1. The Morgan fingerprint density at radius 1 is 1.14 bits per heavy atom. The van der Waals surface area contributed by atoms with E-state index in [1.807, 2.05) is 18.0 Å². The van der Waals surface area contributed by atoms with Crippen LogP contribution in [0.25, 0.3) is 22.4 Å². The number of fused-ring (bicyclic) bond motifs is 1. The van der Waals surface area contributed by atoms with Gasteiger partial charge in [0.05, 0.1) is 31.1 Å². The van der Waals surface area contributed by atoms with Gasteiger partial charge in [-0.25, -0.2) is 9.97 Å². The highest BCUT2D eigenvalue weighted by molar-refractivity contribution is 5.88. The SMILES string of the molecule is CN1CCC[C@H]1C(=O)N1CCC(CCOc2ccc(-c3nc(C#N)nc4c3ncn4CC3CCOC3)cc2C(F)(F)F)CC1. The molecule has 5 heterocycles. The first kappa shape index (κ1) is 30.3. The number of alkyl halides is 3. The fourth-order valence-corrected chi connectivity index (χ4v) is 6.57. The number of piperidine rings is 1. The highest BCUT2D eigenvalue weighted by Crippen LogP contribution is 2.40. The number of carbonyl (C=O) groups excluding carboxylic acids is 1. The predicted molar refractivity (Wildman–Crippen MR) is 154 cm³/mol. The summed E-state index contributed by atoms with van der Waals surface area (Å²) in [7, 11) is 1.99. The molecule has 44 heavy (non-hydrogen) atoms. The molecule has 0 N–H and O–H groups in total. The number of nitrogens with zero attached hydrogens (tertiary/aromatic N) is 7. The van der Waals surface area contributed by atoms with E-state index >= 15 is 0 Å². The summed E-state index contributed by atoms with van der Waals surface area (Å²) < 4.78 is 55.7. The van der Waals surface area contributed by atoms with Gasteiger partial charge in [-0.2, -0.15) is 23.4 Å². The fourth-order valence-electron chi connectivity index (χ4n) is 6.57. The molecule has 1 unspecified atom stereocenters. The van der Waals surface area contributed by atoms with Gasteiger partial charge < -0.3 is 18.9 Å². The number of imidazole rings is 1. The number of likely N-dealkylation sites (N-methyl/N-ethyl adjacent to an activating group) is 1. The molecule has 10 nitrogen and oxygen atoms in total. The molecular formula is C31H36F3N7O3. The van der Waals surface area contributed by atoms with Crippen molar-refractivity contribution in [3.05, 3.63) is 35.9 Å². The molecule has 3 saturated heterocycles. The smallest absolute Gasteiger partial charge is 0.419 e. The van der Waals surface area contributed by atoms with Crippen molar-refractivity contribution in [2.24, 2.45) is 11.8 Å². The minimum atomic E-state index is -4.67. The summed E-state index contributed by atoms with van der Waals surface area (Å²) in [5.41, 5.74) is 0.149. The number of rotatable bonds is 8. The maximum Gasteiger partial charge on any atom is 0.419 e. The van der Waals surface area contributed by atoms with Crippen LogP contribution in [0.5, 0.6) is 5.75 Å². The predicted octanol–water partition coefficient (Wildman–Crippen LogP) is 4.52. The van der Waals surface area contributed by atoms with Crippen molar-refractivity contribution >= 4 is 17.1 Å². The summed E-state index contributed by atoms with van der Waals surface area (Å²) in [4.78, 5) is 29.9. The van der Waals surface area contributed by atoms with Crippen molar-refractivity contribution in [3.63, 3.8) is 0 Å². The summed E-state index contributed by atoms with van der Waals surface area (Å²) in [5, 5.41) is 9.57. The Balaban J connectivity index is 1.14. The zero-order chi connectivity index (χ0) is 30.8. The first-order chi connectivity index (χ1) is 21.2. The van der Waals surface area contributed by atoms with Crippen LogP contribution in [-0.4, -0.2) is 87.8 Å². The molecular weight excluding hydrogens is 575 g/mol. The Morgan fingerprint density at radius 2 is 1.95 bits per heavy atom. The van der Waals surface area contributed by atoms with E-state index in [9.17, 15) is 23.2 Å². The zero-order valence-electron chi connectivity index (χ0n) is 24.7. The van der Waals surface area contributed by atoms with Crippen LogP contribution >= 0.6 is 0 Å². The first-order valence-electron chi connectivity index (χ1n) is 15.3. The Labute approximate surface area is 253 Å². The van der Waals surface area contributed by atoms with Crippen molar-refractivity contribution in [1.82, 2.24) is 29.3 Å². The van der Waals surface area contributed by atoms with Crippen LogP contribution in [0.2, 0.25) is 0 Å². The van der Waals surface area contributed by atoms with Gasteiger partial charge in [-0.15, -0.1) is 0 Å². The second kappa shape index (κ2) is 12.7. The first-order valence-corrected chi connectivity index (χ1v) is 15.3. The lowest BCUT2D eigenvalue weighted by atomic mass is 9.93. The normalized spacial score (nSPS) is 21.7. The van der Waals surface area contributed by atoms with Gasteiger partial charge in [-0.3, -0.25) is 9.69 Å². The highest BCUT2D eigenvalue weighted by Gasteiger charge is 2.36. The van der Waals surface area contributed by atoms with E-state index in [0.29, 0.717) is 50.4 Å². The number of ether oxygens (including phenoxy) is 2. The van der Waals surface area contributed by atoms with Gasteiger partial charge in [0, 0.05) is 37.7 Å². The lowest BCUT2D eigenvalue weighted by molar-refractivity contribution is -0.139. The number of amides is 1. The summed E-state index contributed by atoms with van der Waals surface area (Å²) in [6, 6.07) is 5.72. The lowest BCUT2D eigenvalue weighted by Crippen LogP contribution is -2.47. The lowest BCUT2D eigenvalue weighted by Gasteiger charge is -2.34. The van der Waals surface area contributed by atoms with Gasteiger partial charge in [0.2, 0.25) is 11.7 Å². The molecule has 0 aliphatic carbocycles. The van der Waals surface area contributed by atoms with E-state index in [4.69, 9.17) is 9.47 Å². The Bertz CT molecular complexity index is 1540. The van der Waals surface area contributed by atoms with Crippen LogP contribution in [0.4, 0.5) is 13.2 Å². The summed E-state index contributed by atoms with van der Waals surface area (Å²) in [6.07, 6.45) is 1.94. The summed E-state index contributed by atoms with van der Waals surface area (Å²) in [6.45, 7) is 4.27. The molecule has 2 aromatic heterocycles.